The number of rotatable bonds is 6. The summed E-state index contributed by atoms with van der Waals surface area (Å²) in [4.78, 5) is 4.80. The second kappa shape index (κ2) is 9.53. The molecule has 0 radical (unpaired) electrons. The van der Waals surface area contributed by atoms with E-state index in [0.717, 1.165) is 30.5 Å². The molecule has 0 N–H and O–H groups in total. The van der Waals surface area contributed by atoms with E-state index < -0.39 is 0 Å². The summed E-state index contributed by atoms with van der Waals surface area (Å²) in [7, 11) is 0. The number of aromatic nitrogens is 1. The molecule has 0 aliphatic heterocycles. The SMILES string of the molecule is Cc1ccc2ccc(/C=C/c3cccc(CCCc4ccccc4C(C)(C)C)c3)nc2c1. The van der Waals surface area contributed by atoms with E-state index >= 15 is 0 Å². The maximum Gasteiger partial charge on any atom is 0.0711 e. The van der Waals surface area contributed by atoms with Crippen LogP contribution in [0.25, 0.3) is 23.1 Å². The molecule has 0 saturated heterocycles. The Labute approximate surface area is 192 Å². The Morgan fingerprint density at radius 3 is 2.44 bits per heavy atom. The normalized spacial score (nSPS) is 12.0. The minimum absolute atomic E-state index is 0.191. The average Bonchev–Trinajstić information content (AvgIpc) is 2.77. The first kappa shape index (κ1) is 22.0. The lowest BCUT2D eigenvalue weighted by molar-refractivity contribution is 0.580. The van der Waals surface area contributed by atoms with Crippen molar-refractivity contribution in [2.75, 3.05) is 0 Å². The summed E-state index contributed by atoms with van der Waals surface area (Å²) in [5.74, 6) is 0. The predicted molar refractivity (Wildman–Crippen MR) is 139 cm³/mol. The maximum atomic E-state index is 4.80. The van der Waals surface area contributed by atoms with E-state index in [2.05, 4.69) is 119 Å². The number of nitrogens with zero attached hydrogens (tertiary/aromatic N) is 1. The number of fused-ring (bicyclic) bond motifs is 1. The van der Waals surface area contributed by atoms with Crippen LogP contribution in [0.1, 0.15) is 60.7 Å². The Morgan fingerprint density at radius 1 is 0.781 bits per heavy atom. The molecule has 0 unspecified atom stereocenters. The van der Waals surface area contributed by atoms with Crippen molar-refractivity contribution in [3.8, 4) is 0 Å². The highest BCUT2D eigenvalue weighted by Gasteiger charge is 2.16. The zero-order chi connectivity index (χ0) is 22.6. The van der Waals surface area contributed by atoms with Gasteiger partial charge < -0.3 is 0 Å². The molecule has 32 heavy (non-hydrogen) atoms. The second-order valence-corrected chi connectivity index (χ2v) is 9.77. The van der Waals surface area contributed by atoms with E-state index in [4.69, 9.17) is 4.98 Å². The van der Waals surface area contributed by atoms with Gasteiger partial charge in [0.05, 0.1) is 11.2 Å². The molecule has 0 amide bonds. The highest BCUT2D eigenvalue weighted by atomic mass is 14.7. The van der Waals surface area contributed by atoms with E-state index in [1.54, 1.807) is 0 Å². The summed E-state index contributed by atoms with van der Waals surface area (Å²) >= 11 is 0. The molecule has 0 saturated carbocycles. The summed E-state index contributed by atoms with van der Waals surface area (Å²) < 4.78 is 0. The van der Waals surface area contributed by atoms with Crippen molar-refractivity contribution in [1.29, 1.82) is 0 Å². The molecule has 0 aliphatic rings. The zero-order valence-corrected chi connectivity index (χ0v) is 19.7. The van der Waals surface area contributed by atoms with Crippen molar-refractivity contribution in [1.82, 2.24) is 4.98 Å². The number of aryl methyl sites for hydroxylation is 3. The Morgan fingerprint density at radius 2 is 1.59 bits per heavy atom. The minimum Gasteiger partial charge on any atom is -0.248 e. The highest BCUT2D eigenvalue weighted by Crippen LogP contribution is 2.27. The standard InChI is InChI=1S/C31H33N/c1-23-15-17-27-18-20-28(32-30(27)21-23)19-16-25-10-7-9-24(22-25)11-8-13-26-12-5-6-14-29(26)31(2,3)4/h5-7,9-10,12,14-22H,8,11,13H2,1-4H3/b19-16+. The molecule has 162 valence electrons. The van der Waals surface area contributed by atoms with Crippen LogP contribution in [0.15, 0.2) is 78.9 Å². The van der Waals surface area contributed by atoms with E-state index in [0.29, 0.717) is 0 Å². The fraction of sp³-hybridized carbons (Fsp3) is 0.258. The van der Waals surface area contributed by atoms with Crippen LogP contribution in [0.4, 0.5) is 0 Å². The van der Waals surface area contributed by atoms with Gasteiger partial charge in [-0.1, -0.05) is 93.6 Å². The Bertz CT molecular complexity index is 1240. The summed E-state index contributed by atoms with van der Waals surface area (Å²) in [6.07, 6.45) is 7.65. The fourth-order valence-electron chi connectivity index (χ4n) is 4.32. The molecule has 1 nitrogen and oxygen atoms in total. The smallest absolute Gasteiger partial charge is 0.0711 e. The van der Waals surface area contributed by atoms with Crippen LogP contribution < -0.4 is 0 Å². The van der Waals surface area contributed by atoms with Crippen LogP contribution in [0.3, 0.4) is 0 Å². The molecule has 4 rings (SSSR count). The van der Waals surface area contributed by atoms with Crippen LogP contribution in [0, 0.1) is 6.92 Å². The van der Waals surface area contributed by atoms with Crippen molar-refractivity contribution in [3.05, 3.63) is 112 Å². The molecule has 4 aromatic rings. The lowest BCUT2D eigenvalue weighted by Crippen LogP contribution is -2.14. The Kier molecular flexibility index (Phi) is 6.55. The lowest BCUT2D eigenvalue weighted by Gasteiger charge is -2.23. The van der Waals surface area contributed by atoms with Gasteiger partial charge in [-0.15, -0.1) is 0 Å². The number of hydrogen-bond acceptors (Lipinski definition) is 1. The molecule has 1 aromatic heterocycles. The number of benzene rings is 3. The molecular weight excluding hydrogens is 386 g/mol. The largest absolute Gasteiger partial charge is 0.248 e. The first-order valence-corrected chi connectivity index (χ1v) is 11.6. The quantitative estimate of drug-likeness (QED) is 0.307. The summed E-state index contributed by atoms with van der Waals surface area (Å²) in [6, 6.07) is 28.4. The van der Waals surface area contributed by atoms with Gasteiger partial charge in [0.1, 0.15) is 0 Å². The Balaban J connectivity index is 1.42. The molecule has 3 aromatic carbocycles. The van der Waals surface area contributed by atoms with E-state index in [1.807, 2.05) is 0 Å². The molecule has 1 heteroatoms. The Hall–Kier alpha value is -3.19. The summed E-state index contributed by atoms with van der Waals surface area (Å²) in [5.41, 5.74) is 9.04. The molecular formula is C31H33N. The van der Waals surface area contributed by atoms with Gasteiger partial charge in [0, 0.05) is 5.39 Å². The highest BCUT2D eigenvalue weighted by molar-refractivity contribution is 5.81. The summed E-state index contributed by atoms with van der Waals surface area (Å²) in [6.45, 7) is 9.00. The summed E-state index contributed by atoms with van der Waals surface area (Å²) in [5, 5.41) is 1.18. The van der Waals surface area contributed by atoms with Crippen LogP contribution in [-0.2, 0) is 18.3 Å². The van der Waals surface area contributed by atoms with Crippen LogP contribution in [0.2, 0.25) is 0 Å². The molecule has 0 bridgehead atoms. The van der Waals surface area contributed by atoms with Crippen molar-refractivity contribution in [2.24, 2.45) is 0 Å². The fourth-order valence-corrected chi connectivity index (χ4v) is 4.32. The third kappa shape index (κ3) is 5.53. The second-order valence-electron chi connectivity index (χ2n) is 9.77. The first-order chi connectivity index (χ1) is 15.4. The molecule has 0 aliphatic carbocycles. The van der Waals surface area contributed by atoms with Crippen LogP contribution in [-0.4, -0.2) is 4.98 Å². The third-order valence-electron chi connectivity index (χ3n) is 6.00. The van der Waals surface area contributed by atoms with E-state index in [1.165, 1.54) is 33.2 Å². The molecule has 0 spiro atoms. The van der Waals surface area contributed by atoms with Gasteiger partial charge in [0.25, 0.3) is 0 Å². The third-order valence-corrected chi connectivity index (χ3v) is 6.00. The van der Waals surface area contributed by atoms with Crippen LogP contribution >= 0.6 is 0 Å². The van der Waals surface area contributed by atoms with Crippen molar-refractivity contribution >= 4 is 23.1 Å². The van der Waals surface area contributed by atoms with Crippen molar-refractivity contribution in [3.63, 3.8) is 0 Å². The average molecular weight is 420 g/mol. The van der Waals surface area contributed by atoms with Crippen molar-refractivity contribution in [2.45, 2.75) is 52.4 Å². The minimum atomic E-state index is 0.191. The monoisotopic (exact) mass is 419 g/mol. The van der Waals surface area contributed by atoms with Gasteiger partial charge in [0.2, 0.25) is 0 Å². The van der Waals surface area contributed by atoms with Gasteiger partial charge in [-0.05, 0) is 77.6 Å². The maximum absolute atomic E-state index is 4.80. The topological polar surface area (TPSA) is 12.9 Å². The van der Waals surface area contributed by atoms with E-state index in [-0.39, 0.29) is 5.41 Å². The van der Waals surface area contributed by atoms with Gasteiger partial charge >= 0.3 is 0 Å². The van der Waals surface area contributed by atoms with E-state index in [9.17, 15) is 0 Å². The van der Waals surface area contributed by atoms with Gasteiger partial charge in [-0.3, -0.25) is 0 Å². The number of pyridine rings is 1. The van der Waals surface area contributed by atoms with Gasteiger partial charge in [-0.25, -0.2) is 4.98 Å². The molecule has 1 heterocycles. The first-order valence-electron chi connectivity index (χ1n) is 11.6. The van der Waals surface area contributed by atoms with Crippen LogP contribution in [0.5, 0.6) is 0 Å². The van der Waals surface area contributed by atoms with Crippen molar-refractivity contribution < 1.29 is 0 Å². The molecule has 0 fully saturated rings. The van der Waals surface area contributed by atoms with Gasteiger partial charge in [0.15, 0.2) is 0 Å². The van der Waals surface area contributed by atoms with Gasteiger partial charge in [-0.2, -0.15) is 0 Å². The number of hydrogen-bond donors (Lipinski definition) is 0. The predicted octanol–water partition coefficient (Wildman–Crippen LogP) is 8.19. The molecule has 0 atom stereocenters. The lowest BCUT2D eigenvalue weighted by atomic mass is 9.82. The zero-order valence-electron chi connectivity index (χ0n) is 19.7.